The lowest BCUT2D eigenvalue weighted by Crippen LogP contribution is -2.20. The van der Waals surface area contributed by atoms with Crippen LogP contribution in [-0.4, -0.2) is 16.3 Å². The Morgan fingerprint density at radius 2 is 1.74 bits per heavy atom. The van der Waals surface area contributed by atoms with Gasteiger partial charge in [-0.1, -0.05) is 42.5 Å². The second-order valence-corrected chi connectivity index (χ2v) is 6.48. The SMILES string of the molecule is N#Cc1ccccc1NC(=O)[C@H]1CCn2c(C(=O)c3ccccc3)ccc21. The molecule has 0 aliphatic carbocycles. The van der Waals surface area contributed by atoms with E-state index in [1.807, 2.05) is 28.8 Å². The molecular weight excluding hydrogens is 338 g/mol. The van der Waals surface area contributed by atoms with Gasteiger partial charge < -0.3 is 9.88 Å². The first-order valence-electron chi connectivity index (χ1n) is 8.78. The number of fused-ring (bicyclic) bond motifs is 1. The van der Waals surface area contributed by atoms with Crippen molar-refractivity contribution < 1.29 is 9.59 Å². The van der Waals surface area contributed by atoms with Gasteiger partial charge in [0.2, 0.25) is 11.7 Å². The minimum atomic E-state index is -0.339. The molecule has 0 spiro atoms. The molecule has 0 radical (unpaired) electrons. The first kappa shape index (κ1) is 16.8. The zero-order chi connectivity index (χ0) is 18.8. The summed E-state index contributed by atoms with van der Waals surface area (Å²) in [6, 6.07) is 21.8. The molecule has 5 nitrogen and oxygen atoms in total. The van der Waals surface area contributed by atoms with Gasteiger partial charge in [0.1, 0.15) is 6.07 Å². The molecule has 0 fully saturated rings. The second kappa shape index (κ2) is 6.93. The number of para-hydroxylation sites is 1. The van der Waals surface area contributed by atoms with E-state index in [4.69, 9.17) is 0 Å². The first-order chi connectivity index (χ1) is 13.2. The van der Waals surface area contributed by atoms with E-state index < -0.39 is 0 Å². The smallest absolute Gasteiger partial charge is 0.233 e. The van der Waals surface area contributed by atoms with Crippen molar-refractivity contribution >= 4 is 17.4 Å². The molecule has 0 unspecified atom stereocenters. The van der Waals surface area contributed by atoms with Gasteiger partial charge in [0, 0.05) is 17.8 Å². The van der Waals surface area contributed by atoms with Crippen molar-refractivity contribution in [3.8, 4) is 6.07 Å². The molecule has 0 saturated carbocycles. The summed E-state index contributed by atoms with van der Waals surface area (Å²) in [5.74, 6) is -0.542. The Kier molecular flexibility index (Phi) is 4.31. The quantitative estimate of drug-likeness (QED) is 0.725. The summed E-state index contributed by atoms with van der Waals surface area (Å²) >= 11 is 0. The van der Waals surface area contributed by atoms with E-state index in [1.54, 1.807) is 42.5 Å². The Hall–Kier alpha value is -3.65. The number of nitriles is 1. The summed E-state index contributed by atoms with van der Waals surface area (Å²) < 4.78 is 1.93. The lowest BCUT2D eigenvalue weighted by Gasteiger charge is -2.11. The minimum absolute atomic E-state index is 0.0438. The number of amides is 1. The van der Waals surface area contributed by atoms with E-state index in [0.717, 1.165) is 5.69 Å². The molecule has 0 bridgehead atoms. The third-order valence-electron chi connectivity index (χ3n) is 4.90. The molecule has 2 heterocycles. The van der Waals surface area contributed by atoms with Gasteiger partial charge in [-0.2, -0.15) is 5.26 Å². The van der Waals surface area contributed by atoms with Gasteiger partial charge in [0.05, 0.1) is 22.9 Å². The fraction of sp³-hybridized carbons (Fsp3) is 0.136. The zero-order valence-electron chi connectivity index (χ0n) is 14.6. The van der Waals surface area contributed by atoms with Crippen LogP contribution in [0, 0.1) is 11.3 Å². The highest BCUT2D eigenvalue weighted by Crippen LogP contribution is 2.32. The Balaban J connectivity index is 1.58. The van der Waals surface area contributed by atoms with Gasteiger partial charge in [-0.25, -0.2) is 0 Å². The molecule has 0 saturated heterocycles. The van der Waals surface area contributed by atoms with Crippen molar-refractivity contribution in [3.05, 3.63) is 89.2 Å². The number of benzene rings is 2. The average Bonchev–Trinajstić information content (AvgIpc) is 3.30. The molecule has 1 aliphatic rings. The van der Waals surface area contributed by atoms with Gasteiger partial charge >= 0.3 is 0 Å². The van der Waals surface area contributed by atoms with Crippen LogP contribution in [0.2, 0.25) is 0 Å². The molecule has 132 valence electrons. The number of carbonyl (C=O) groups excluding carboxylic acids is 2. The summed E-state index contributed by atoms with van der Waals surface area (Å²) in [5.41, 5.74) is 3.01. The lowest BCUT2D eigenvalue weighted by molar-refractivity contribution is -0.117. The number of carbonyl (C=O) groups is 2. The van der Waals surface area contributed by atoms with E-state index in [2.05, 4.69) is 11.4 Å². The zero-order valence-corrected chi connectivity index (χ0v) is 14.6. The number of anilines is 1. The molecule has 1 aliphatic heterocycles. The summed E-state index contributed by atoms with van der Waals surface area (Å²) in [6.45, 7) is 0.619. The highest BCUT2D eigenvalue weighted by Gasteiger charge is 2.32. The summed E-state index contributed by atoms with van der Waals surface area (Å²) in [7, 11) is 0. The van der Waals surface area contributed by atoms with Crippen LogP contribution in [0.5, 0.6) is 0 Å². The standard InChI is InChI=1S/C22H17N3O2/c23-14-16-8-4-5-9-18(16)24-22(27)17-12-13-25-19(17)10-11-20(25)21(26)15-6-2-1-3-7-15/h1-11,17H,12-13H2,(H,24,27)/t17-/m0/s1. The van der Waals surface area contributed by atoms with Crippen molar-refractivity contribution in [1.82, 2.24) is 4.57 Å². The molecule has 1 N–H and O–H groups in total. The van der Waals surface area contributed by atoms with Crippen molar-refractivity contribution in [1.29, 1.82) is 5.26 Å². The summed E-state index contributed by atoms with van der Waals surface area (Å²) in [5, 5.41) is 12.0. The molecule has 5 heteroatoms. The van der Waals surface area contributed by atoms with E-state index in [0.29, 0.717) is 35.5 Å². The van der Waals surface area contributed by atoms with Crippen LogP contribution < -0.4 is 5.32 Å². The van der Waals surface area contributed by atoms with Crippen LogP contribution >= 0.6 is 0 Å². The molecule has 4 rings (SSSR count). The maximum atomic E-state index is 12.8. The predicted molar refractivity (Wildman–Crippen MR) is 101 cm³/mol. The fourth-order valence-electron chi connectivity index (χ4n) is 3.55. The van der Waals surface area contributed by atoms with Gasteiger partial charge in [-0.3, -0.25) is 9.59 Å². The molecule has 3 aromatic rings. The Labute approximate surface area is 156 Å². The summed E-state index contributed by atoms with van der Waals surface area (Å²) in [6.07, 6.45) is 0.631. The molecule has 1 amide bonds. The normalized spacial score (nSPS) is 15.0. The van der Waals surface area contributed by atoms with Crippen LogP contribution in [0.15, 0.2) is 66.7 Å². The van der Waals surface area contributed by atoms with Gasteiger partial charge in [0.25, 0.3) is 0 Å². The lowest BCUT2D eigenvalue weighted by atomic mass is 10.0. The highest BCUT2D eigenvalue weighted by molar-refractivity contribution is 6.08. The number of nitrogens with zero attached hydrogens (tertiary/aromatic N) is 2. The molecule has 27 heavy (non-hydrogen) atoms. The number of ketones is 1. The van der Waals surface area contributed by atoms with E-state index in [1.165, 1.54) is 0 Å². The monoisotopic (exact) mass is 355 g/mol. The van der Waals surface area contributed by atoms with Gasteiger partial charge in [-0.15, -0.1) is 0 Å². The Morgan fingerprint density at radius 3 is 2.52 bits per heavy atom. The predicted octanol–water partition coefficient (Wildman–Crippen LogP) is 3.72. The Bertz CT molecular complexity index is 1060. The average molecular weight is 355 g/mol. The molecular formula is C22H17N3O2. The number of hydrogen-bond donors (Lipinski definition) is 1. The Morgan fingerprint density at radius 1 is 1.00 bits per heavy atom. The third-order valence-corrected chi connectivity index (χ3v) is 4.90. The topological polar surface area (TPSA) is 74.9 Å². The van der Waals surface area contributed by atoms with Crippen LogP contribution in [0.3, 0.4) is 0 Å². The van der Waals surface area contributed by atoms with E-state index >= 15 is 0 Å². The summed E-state index contributed by atoms with van der Waals surface area (Å²) in [4.78, 5) is 25.5. The van der Waals surface area contributed by atoms with Crippen molar-refractivity contribution in [2.75, 3.05) is 5.32 Å². The number of nitrogens with one attached hydrogen (secondary N) is 1. The molecule has 1 atom stereocenters. The van der Waals surface area contributed by atoms with Crippen molar-refractivity contribution in [3.63, 3.8) is 0 Å². The maximum Gasteiger partial charge on any atom is 0.233 e. The maximum absolute atomic E-state index is 12.8. The van der Waals surface area contributed by atoms with E-state index in [-0.39, 0.29) is 17.6 Å². The third kappa shape index (κ3) is 3.02. The minimum Gasteiger partial charge on any atom is -0.341 e. The van der Waals surface area contributed by atoms with Crippen LogP contribution in [0.1, 0.15) is 39.6 Å². The molecule has 2 aromatic carbocycles. The first-order valence-corrected chi connectivity index (χ1v) is 8.78. The van der Waals surface area contributed by atoms with Crippen LogP contribution in [0.4, 0.5) is 5.69 Å². The largest absolute Gasteiger partial charge is 0.341 e. The second-order valence-electron chi connectivity index (χ2n) is 6.48. The van der Waals surface area contributed by atoms with Gasteiger partial charge in [-0.05, 0) is 30.7 Å². The fourth-order valence-corrected chi connectivity index (χ4v) is 3.55. The van der Waals surface area contributed by atoms with Crippen LogP contribution in [0.25, 0.3) is 0 Å². The number of aromatic nitrogens is 1. The van der Waals surface area contributed by atoms with E-state index in [9.17, 15) is 14.9 Å². The highest BCUT2D eigenvalue weighted by atomic mass is 16.2. The number of hydrogen-bond acceptors (Lipinski definition) is 3. The van der Waals surface area contributed by atoms with Crippen LogP contribution in [-0.2, 0) is 11.3 Å². The van der Waals surface area contributed by atoms with Crippen molar-refractivity contribution in [2.45, 2.75) is 18.9 Å². The van der Waals surface area contributed by atoms with Gasteiger partial charge in [0.15, 0.2) is 0 Å². The number of rotatable bonds is 4. The molecule has 1 aromatic heterocycles. The van der Waals surface area contributed by atoms with Crippen molar-refractivity contribution in [2.24, 2.45) is 0 Å².